The van der Waals surface area contributed by atoms with Crippen molar-refractivity contribution in [1.29, 1.82) is 5.26 Å². The molecule has 0 saturated heterocycles. The van der Waals surface area contributed by atoms with Crippen LogP contribution in [-0.2, 0) is 9.53 Å². The van der Waals surface area contributed by atoms with E-state index in [1.165, 1.54) is 18.6 Å². The largest absolute Gasteiger partial charge is 0.451 e. The smallest absolute Gasteiger partial charge is 0.359 e. The van der Waals surface area contributed by atoms with Crippen LogP contribution in [0.1, 0.15) is 16.9 Å². The zero-order valence-corrected chi connectivity index (χ0v) is 8.92. The molecule has 0 aliphatic rings. The maximum Gasteiger partial charge on any atom is 0.359 e. The van der Waals surface area contributed by atoms with Crippen molar-refractivity contribution in [1.82, 2.24) is 15.3 Å². The van der Waals surface area contributed by atoms with E-state index >= 15 is 0 Å². The van der Waals surface area contributed by atoms with Gasteiger partial charge in [0.2, 0.25) is 0 Å². The molecule has 88 valence electrons. The lowest BCUT2D eigenvalue weighted by Gasteiger charge is -2.04. The van der Waals surface area contributed by atoms with Crippen LogP contribution in [-0.4, -0.2) is 35.0 Å². The van der Waals surface area contributed by atoms with Crippen molar-refractivity contribution in [3.63, 3.8) is 0 Å². The molecule has 0 atom stereocenters. The predicted molar refractivity (Wildman–Crippen MR) is 55.6 cm³/mol. The Bertz CT molecular complexity index is 427. The minimum Gasteiger partial charge on any atom is -0.451 e. The number of esters is 1. The van der Waals surface area contributed by atoms with Gasteiger partial charge in [-0.3, -0.25) is 9.78 Å². The molecule has 1 amide bonds. The van der Waals surface area contributed by atoms with Gasteiger partial charge in [0.1, 0.15) is 0 Å². The lowest BCUT2D eigenvalue weighted by atomic mass is 10.4. The standard InChI is InChI=1S/C10H10N4O3/c11-2-1-3-14-9(15)7-17-10(16)8-6-12-4-5-13-8/h4-6H,1,3,7H2,(H,14,15). The molecule has 0 unspecified atom stereocenters. The number of carbonyl (C=O) groups is 2. The van der Waals surface area contributed by atoms with Crippen molar-refractivity contribution < 1.29 is 14.3 Å². The van der Waals surface area contributed by atoms with E-state index in [-0.39, 0.29) is 18.7 Å². The van der Waals surface area contributed by atoms with Crippen LogP contribution >= 0.6 is 0 Å². The fourth-order valence-electron chi connectivity index (χ4n) is 0.918. The molecule has 1 heterocycles. The minimum absolute atomic E-state index is 0.0392. The Morgan fingerprint density at radius 1 is 1.47 bits per heavy atom. The van der Waals surface area contributed by atoms with Gasteiger partial charge in [-0.25, -0.2) is 9.78 Å². The third-order valence-corrected chi connectivity index (χ3v) is 1.67. The van der Waals surface area contributed by atoms with Crippen molar-refractivity contribution in [2.24, 2.45) is 0 Å². The summed E-state index contributed by atoms with van der Waals surface area (Å²) >= 11 is 0. The Hall–Kier alpha value is -2.49. The second kappa shape index (κ2) is 6.90. The lowest BCUT2D eigenvalue weighted by molar-refractivity contribution is -0.124. The van der Waals surface area contributed by atoms with Gasteiger partial charge < -0.3 is 10.1 Å². The quantitative estimate of drug-likeness (QED) is 0.552. The van der Waals surface area contributed by atoms with Crippen molar-refractivity contribution in [3.8, 4) is 6.07 Å². The highest BCUT2D eigenvalue weighted by atomic mass is 16.5. The van der Waals surface area contributed by atoms with Crippen LogP contribution in [0.15, 0.2) is 18.6 Å². The molecule has 0 fully saturated rings. The van der Waals surface area contributed by atoms with Crippen LogP contribution in [0.4, 0.5) is 0 Å². The monoisotopic (exact) mass is 234 g/mol. The highest BCUT2D eigenvalue weighted by Crippen LogP contribution is 1.93. The first-order valence-electron chi connectivity index (χ1n) is 4.81. The Morgan fingerprint density at radius 3 is 2.94 bits per heavy atom. The second-order valence-electron chi connectivity index (χ2n) is 2.92. The normalized spacial score (nSPS) is 9.12. The van der Waals surface area contributed by atoms with Crippen molar-refractivity contribution in [2.75, 3.05) is 13.2 Å². The molecule has 0 spiro atoms. The van der Waals surface area contributed by atoms with Gasteiger partial charge >= 0.3 is 5.97 Å². The first-order valence-corrected chi connectivity index (χ1v) is 4.81. The van der Waals surface area contributed by atoms with Gasteiger partial charge in [-0.2, -0.15) is 5.26 Å². The maximum atomic E-state index is 11.3. The number of hydrogen-bond acceptors (Lipinski definition) is 6. The molecular weight excluding hydrogens is 224 g/mol. The molecule has 0 aromatic carbocycles. The number of nitrogens with one attached hydrogen (secondary N) is 1. The molecule has 1 N–H and O–H groups in total. The number of amides is 1. The molecule has 17 heavy (non-hydrogen) atoms. The van der Waals surface area contributed by atoms with E-state index in [9.17, 15) is 9.59 Å². The molecule has 0 radical (unpaired) electrons. The van der Waals surface area contributed by atoms with Gasteiger partial charge in [-0.1, -0.05) is 0 Å². The minimum atomic E-state index is -0.714. The first kappa shape index (κ1) is 12.6. The predicted octanol–water partition coefficient (Wildman–Crippen LogP) is -0.337. The second-order valence-corrected chi connectivity index (χ2v) is 2.92. The van der Waals surface area contributed by atoms with Gasteiger partial charge in [0.05, 0.1) is 18.7 Å². The molecule has 1 aromatic rings. The Kier molecular flexibility index (Phi) is 5.10. The van der Waals surface area contributed by atoms with Crippen LogP contribution in [0.2, 0.25) is 0 Å². The number of ether oxygens (including phenoxy) is 1. The summed E-state index contributed by atoms with van der Waals surface area (Å²) in [5, 5.41) is 10.7. The van der Waals surface area contributed by atoms with Crippen LogP contribution < -0.4 is 5.32 Å². The van der Waals surface area contributed by atoms with Crippen LogP contribution in [0.5, 0.6) is 0 Å². The molecule has 7 heteroatoms. The summed E-state index contributed by atoms with van der Waals surface area (Å²) in [6, 6.07) is 1.87. The first-order chi connectivity index (χ1) is 8.24. The van der Waals surface area contributed by atoms with Gasteiger partial charge in [-0.05, 0) is 0 Å². The Balaban J connectivity index is 2.29. The third-order valence-electron chi connectivity index (χ3n) is 1.67. The zero-order chi connectivity index (χ0) is 12.5. The summed E-state index contributed by atoms with van der Waals surface area (Å²) in [6.45, 7) is -0.168. The van der Waals surface area contributed by atoms with E-state index < -0.39 is 18.5 Å². The number of carbonyl (C=O) groups excluding carboxylic acids is 2. The molecule has 0 aliphatic heterocycles. The summed E-state index contributed by atoms with van der Waals surface area (Å²) in [7, 11) is 0. The molecule has 1 aromatic heterocycles. The van der Waals surface area contributed by atoms with Gasteiger partial charge in [0, 0.05) is 18.9 Å². The van der Waals surface area contributed by atoms with Crippen LogP contribution in [0, 0.1) is 11.3 Å². The van der Waals surface area contributed by atoms with Gasteiger partial charge in [-0.15, -0.1) is 0 Å². The molecule has 0 aliphatic carbocycles. The molecule has 0 saturated carbocycles. The number of hydrogen-bond donors (Lipinski definition) is 1. The average Bonchev–Trinajstić information content (AvgIpc) is 2.37. The number of nitrogens with zero attached hydrogens (tertiary/aromatic N) is 3. The molecule has 7 nitrogen and oxygen atoms in total. The summed E-state index contributed by atoms with van der Waals surface area (Å²) in [6.07, 6.45) is 4.23. The number of nitriles is 1. The summed E-state index contributed by atoms with van der Waals surface area (Å²) < 4.78 is 4.68. The van der Waals surface area contributed by atoms with Crippen molar-refractivity contribution in [3.05, 3.63) is 24.3 Å². The van der Waals surface area contributed by atoms with E-state index in [0.29, 0.717) is 0 Å². The Morgan fingerprint density at radius 2 is 2.29 bits per heavy atom. The van der Waals surface area contributed by atoms with E-state index in [4.69, 9.17) is 5.26 Å². The average molecular weight is 234 g/mol. The number of aromatic nitrogens is 2. The van der Waals surface area contributed by atoms with Gasteiger partial charge in [0.15, 0.2) is 12.3 Å². The van der Waals surface area contributed by atoms with E-state index in [1.54, 1.807) is 0 Å². The fraction of sp³-hybridized carbons (Fsp3) is 0.300. The number of rotatable bonds is 5. The van der Waals surface area contributed by atoms with E-state index in [0.717, 1.165) is 0 Å². The summed E-state index contributed by atoms with van der Waals surface area (Å²) in [4.78, 5) is 29.9. The Labute approximate surface area is 97.4 Å². The van der Waals surface area contributed by atoms with Crippen molar-refractivity contribution >= 4 is 11.9 Å². The SMILES string of the molecule is N#CCCNC(=O)COC(=O)c1cnccn1. The zero-order valence-electron chi connectivity index (χ0n) is 8.92. The van der Waals surface area contributed by atoms with Gasteiger partial charge in [0.25, 0.3) is 5.91 Å². The summed E-state index contributed by atoms with van der Waals surface area (Å²) in [5.41, 5.74) is 0.0392. The fourth-order valence-corrected chi connectivity index (χ4v) is 0.918. The highest BCUT2D eigenvalue weighted by molar-refractivity contribution is 5.89. The topological polar surface area (TPSA) is 105 Å². The van der Waals surface area contributed by atoms with Crippen molar-refractivity contribution in [2.45, 2.75) is 6.42 Å². The highest BCUT2D eigenvalue weighted by Gasteiger charge is 2.10. The summed E-state index contributed by atoms with van der Waals surface area (Å²) in [5.74, 6) is -1.17. The molecular formula is C10H10N4O3. The van der Waals surface area contributed by atoms with Crippen LogP contribution in [0.3, 0.4) is 0 Å². The molecule has 0 bridgehead atoms. The third kappa shape index (κ3) is 4.70. The maximum absolute atomic E-state index is 11.3. The van der Waals surface area contributed by atoms with E-state index in [2.05, 4.69) is 20.0 Å². The van der Waals surface area contributed by atoms with E-state index in [1.807, 2.05) is 6.07 Å². The van der Waals surface area contributed by atoms with Crippen LogP contribution in [0.25, 0.3) is 0 Å². The molecule has 1 rings (SSSR count). The lowest BCUT2D eigenvalue weighted by Crippen LogP contribution is -2.29.